The van der Waals surface area contributed by atoms with Crippen LogP contribution in [-0.2, 0) is 23.9 Å². The molecule has 6 unspecified atom stereocenters. The smallest absolute Gasteiger partial charge is 0.407 e. The molecule has 0 aliphatic carbocycles. The Hall–Kier alpha value is -6.28. The van der Waals surface area contributed by atoms with E-state index in [1.54, 1.807) is 0 Å². The number of likely N-dealkylation sites (tertiary alicyclic amines) is 2. The lowest BCUT2D eigenvalue weighted by Crippen LogP contribution is -2.84. The third-order valence-electron chi connectivity index (χ3n) is 14.0. The Morgan fingerprint density at radius 3 is 1.97 bits per heavy atom. The first-order valence-corrected chi connectivity index (χ1v) is 23.7. The Morgan fingerprint density at radius 1 is 0.742 bits per heavy atom. The molecule has 8 rings (SSSR count). The molecule has 3 saturated heterocycles. The molecule has 0 radical (unpaired) electrons. The van der Waals surface area contributed by atoms with E-state index in [2.05, 4.69) is 94.1 Å². The second-order valence-corrected chi connectivity index (χ2v) is 18.7. The molecule has 14 heteroatoms. The molecule has 3 amide bonds. The van der Waals surface area contributed by atoms with Crippen LogP contribution >= 0.6 is 0 Å². The number of esters is 1. The molecular weight excluding hydrogens is 833 g/mol. The second-order valence-electron chi connectivity index (χ2n) is 18.7. The van der Waals surface area contributed by atoms with Crippen molar-refractivity contribution < 1.29 is 34.0 Å². The van der Waals surface area contributed by atoms with Crippen molar-refractivity contribution in [3.63, 3.8) is 0 Å². The summed E-state index contributed by atoms with van der Waals surface area (Å²) in [6.07, 6.45) is 9.43. The highest BCUT2D eigenvalue weighted by Gasteiger charge is 2.41. The quantitative estimate of drug-likeness (QED) is 0.102. The van der Waals surface area contributed by atoms with Gasteiger partial charge in [-0.15, -0.1) is 0 Å². The maximum absolute atomic E-state index is 13.9. The number of amides is 3. The summed E-state index contributed by atoms with van der Waals surface area (Å²) in [6, 6.07) is 27.6. The van der Waals surface area contributed by atoms with Crippen LogP contribution in [0.1, 0.15) is 120 Å². The first-order valence-electron chi connectivity index (χ1n) is 23.7. The van der Waals surface area contributed by atoms with Crippen molar-refractivity contribution in [3.05, 3.63) is 114 Å². The van der Waals surface area contributed by atoms with E-state index >= 15 is 0 Å². The number of methoxy groups -OCH3 is 2. The summed E-state index contributed by atoms with van der Waals surface area (Å²) in [4.78, 5) is 71.4. The fourth-order valence-electron chi connectivity index (χ4n) is 10.4. The van der Waals surface area contributed by atoms with Gasteiger partial charge < -0.3 is 34.5 Å². The van der Waals surface area contributed by atoms with Gasteiger partial charge >= 0.3 is 12.1 Å². The Balaban J connectivity index is 0.950. The van der Waals surface area contributed by atoms with E-state index in [0.717, 1.165) is 72.7 Å². The number of anilines is 1. The maximum Gasteiger partial charge on any atom is 0.407 e. The number of quaternary nitrogens is 1. The van der Waals surface area contributed by atoms with Crippen LogP contribution in [0.3, 0.4) is 0 Å². The van der Waals surface area contributed by atoms with Crippen molar-refractivity contribution in [2.45, 2.75) is 109 Å². The number of H-pyrrole nitrogens is 1. The first-order chi connectivity index (χ1) is 31.9. The SMILES string of the molecule is COC(=O)CCC(C(=O)N1CCCC1c1ncc(-c2ccc(C3CCC(c4ccc(C5=C[NH2+]C(C6CCCN6C(=O)C(NC(=O)OC)C(C)C)=N5)cc4)N3c3ccccc3)cc2)[nH]1)C(C)C. The number of nitrogens with one attached hydrogen (secondary N) is 2. The molecule has 348 valence electrons. The topological polar surface area (TPSA) is 166 Å². The van der Waals surface area contributed by atoms with E-state index in [9.17, 15) is 19.2 Å². The number of nitrogens with zero attached hydrogens (tertiary/aromatic N) is 5. The van der Waals surface area contributed by atoms with Crippen LogP contribution in [0.2, 0.25) is 0 Å². The van der Waals surface area contributed by atoms with Crippen LogP contribution in [0, 0.1) is 17.8 Å². The first kappa shape index (κ1) is 46.3. The molecule has 14 nitrogen and oxygen atoms in total. The maximum atomic E-state index is 13.9. The van der Waals surface area contributed by atoms with Gasteiger partial charge in [-0.25, -0.2) is 9.78 Å². The minimum atomic E-state index is -0.675. The summed E-state index contributed by atoms with van der Waals surface area (Å²) in [5.41, 5.74) is 7.51. The number of hydrogen-bond donors (Lipinski definition) is 3. The molecule has 3 fully saturated rings. The number of benzene rings is 3. The highest BCUT2D eigenvalue weighted by Crippen LogP contribution is 2.47. The number of aromatic nitrogens is 2. The molecule has 0 bridgehead atoms. The fraction of sp³-hybridized carbons (Fsp3) is 0.462. The standard InChI is InChI=1S/C52H64N8O6/c1-32(2)39(24-27-46(61)65-5)50(62)58-28-10-14-44(58)48-53-30-40(55-48)34-16-20-36(21-17-34)42-25-26-43(60(42)38-12-8-7-9-13-38)37-22-18-35(19-23-37)41-31-54-49(56-41)45-15-11-29-59(45)51(63)47(33(3)4)57-52(64)66-6/h7-9,12-13,16-23,30-33,39,42-45,47H,10-11,14-15,24-29H2,1-6H3,(H,53,55)(H,54,56)(H,57,64)/p+1. The van der Waals surface area contributed by atoms with Gasteiger partial charge in [0, 0.05) is 36.7 Å². The van der Waals surface area contributed by atoms with Crippen molar-refractivity contribution in [2.75, 3.05) is 32.2 Å². The average molecular weight is 898 g/mol. The van der Waals surface area contributed by atoms with Crippen molar-refractivity contribution >= 4 is 41.1 Å². The Kier molecular flexibility index (Phi) is 14.4. The van der Waals surface area contributed by atoms with Crippen LogP contribution in [0.15, 0.2) is 96.3 Å². The van der Waals surface area contributed by atoms with E-state index in [1.165, 1.54) is 31.0 Å². The van der Waals surface area contributed by atoms with Crippen LogP contribution in [0.5, 0.6) is 0 Å². The molecule has 66 heavy (non-hydrogen) atoms. The van der Waals surface area contributed by atoms with Gasteiger partial charge in [0.2, 0.25) is 17.6 Å². The van der Waals surface area contributed by atoms with Crippen LogP contribution < -0.4 is 15.5 Å². The van der Waals surface area contributed by atoms with Crippen LogP contribution in [0.4, 0.5) is 10.5 Å². The summed E-state index contributed by atoms with van der Waals surface area (Å²) in [5, 5.41) is 4.76. The second kappa shape index (κ2) is 20.5. The number of amidine groups is 1. The van der Waals surface area contributed by atoms with E-state index in [0.29, 0.717) is 19.5 Å². The van der Waals surface area contributed by atoms with Crippen LogP contribution in [-0.4, -0.2) is 88.9 Å². The van der Waals surface area contributed by atoms with E-state index in [1.807, 2.05) is 55.2 Å². The van der Waals surface area contributed by atoms with Gasteiger partial charge in [0.25, 0.3) is 0 Å². The van der Waals surface area contributed by atoms with Gasteiger partial charge in [-0.05, 0) is 85.6 Å². The van der Waals surface area contributed by atoms with Crippen molar-refractivity contribution in [2.24, 2.45) is 22.7 Å². The highest BCUT2D eigenvalue weighted by atomic mass is 16.5. The lowest BCUT2D eigenvalue weighted by atomic mass is 9.89. The molecule has 1 aromatic heterocycles. The van der Waals surface area contributed by atoms with Crippen molar-refractivity contribution in [1.29, 1.82) is 0 Å². The number of aliphatic imine (C=N–C) groups is 1. The number of rotatable bonds is 15. The lowest BCUT2D eigenvalue weighted by molar-refractivity contribution is -0.461. The van der Waals surface area contributed by atoms with Gasteiger partial charge in [0.1, 0.15) is 29.8 Å². The number of para-hydroxylation sites is 1. The Labute approximate surface area is 388 Å². The van der Waals surface area contributed by atoms with Crippen LogP contribution in [0.25, 0.3) is 17.0 Å². The summed E-state index contributed by atoms with van der Waals surface area (Å²) in [6.45, 7) is 9.22. The van der Waals surface area contributed by atoms with Gasteiger partial charge in [0.15, 0.2) is 0 Å². The highest BCUT2D eigenvalue weighted by molar-refractivity contribution is 5.94. The normalized spacial score (nSPS) is 21.5. The molecule has 4 N–H and O–H groups in total. The third-order valence-corrected chi connectivity index (χ3v) is 14.0. The summed E-state index contributed by atoms with van der Waals surface area (Å²) < 4.78 is 9.66. The van der Waals surface area contributed by atoms with Gasteiger partial charge in [-0.2, -0.15) is 4.99 Å². The zero-order chi connectivity index (χ0) is 46.5. The molecule has 0 saturated carbocycles. The summed E-state index contributed by atoms with van der Waals surface area (Å²) in [7, 11) is 2.69. The van der Waals surface area contributed by atoms with Gasteiger partial charge in [0.05, 0.1) is 44.2 Å². The van der Waals surface area contributed by atoms with Gasteiger partial charge in [-0.1, -0.05) is 94.4 Å². The predicted octanol–water partition coefficient (Wildman–Crippen LogP) is 7.69. The Morgan fingerprint density at radius 2 is 1.36 bits per heavy atom. The lowest BCUT2D eigenvalue weighted by Gasteiger charge is -2.33. The van der Waals surface area contributed by atoms with E-state index in [4.69, 9.17) is 19.5 Å². The number of aromatic amines is 1. The monoisotopic (exact) mass is 898 g/mol. The third kappa shape index (κ3) is 9.79. The molecule has 5 heterocycles. The zero-order valence-corrected chi connectivity index (χ0v) is 39.1. The van der Waals surface area contributed by atoms with E-state index < -0.39 is 12.1 Å². The molecule has 3 aromatic carbocycles. The number of alkyl carbamates (subject to hydrolysis) is 1. The summed E-state index contributed by atoms with van der Waals surface area (Å²) in [5.74, 6) is 1.09. The Bertz CT molecular complexity index is 2410. The number of carbonyl (C=O) groups is 4. The molecule has 0 spiro atoms. The molecule has 4 aliphatic heterocycles. The molecule has 4 aliphatic rings. The van der Waals surface area contributed by atoms with Crippen molar-refractivity contribution in [1.82, 2.24) is 25.1 Å². The number of hydrogen-bond acceptors (Lipinski definition) is 9. The predicted molar refractivity (Wildman–Crippen MR) is 254 cm³/mol. The number of ether oxygens (including phenoxy) is 2. The minimum Gasteiger partial charge on any atom is -0.469 e. The molecule has 6 atom stereocenters. The zero-order valence-electron chi connectivity index (χ0n) is 39.1. The number of nitrogens with two attached hydrogens (primary N) is 1. The summed E-state index contributed by atoms with van der Waals surface area (Å²) >= 11 is 0. The number of imidazole rings is 1. The molecule has 4 aromatic rings. The fourth-order valence-corrected chi connectivity index (χ4v) is 10.4. The number of carbonyl (C=O) groups excluding carboxylic acids is 4. The largest absolute Gasteiger partial charge is 0.469 e. The minimum absolute atomic E-state index is 0.0798. The average Bonchev–Trinajstić information content (AvgIpc) is 4.20. The van der Waals surface area contributed by atoms with Crippen molar-refractivity contribution in [3.8, 4) is 11.3 Å². The molecular formula is C52H65N8O6+. The van der Waals surface area contributed by atoms with Gasteiger partial charge in [-0.3, -0.25) is 19.7 Å². The van der Waals surface area contributed by atoms with E-state index in [-0.39, 0.29) is 66.1 Å².